The fourth-order valence-electron chi connectivity index (χ4n) is 2.63. The number of aromatic nitrogens is 2. The highest BCUT2D eigenvalue weighted by atomic mass is 79.9. The summed E-state index contributed by atoms with van der Waals surface area (Å²) in [6.07, 6.45) is 0.301. The maximum Gasteiger partial charge on any atom is 0.227 e. The average Bonchev–Trinajstić information content (AvgIpc) is 3.17. The second kappa shape index (κ2) is 9.51. The summed E-state index contributed by atoms with van der Waals surface area (Å²) < 4.78 is 30.5. The lowest BCUT2D eigenvalue weighted by Crippen LogP contribution is -2.13. The van der Waals surface area contributed by atoms with Crippen LogP contribution in [0.1, 0.15) is 19.2 Å². The number of nitrogens with zero attached hydrogens (tertiary/aromatic N) is 2. The Kier molecular flexibility index (Phi) is 6.82. The van der Waals surface area contributed by atoms with Crippen LogP contribution in [-0.4, -0.2) is 29.8 Å². The van der Waals surface area contributed by atoms with Crippen LogP contribution in [0, 0.1) is 5.82 Å². The number of halogens is 2. The molecule has 0 fully saturated rings. The first-order valence-electron chi connectivity index (χ1n) is 8.89. The van der Waals surface area contributed by atoms with Gasteiger partial charge in [-0.2, -0.15) is 4.98 Å². The zero-order valence-electron chi connectivity index (χ0n) is 15.9. The van der Waals surface area contributed by atoms with Gasteiger partial charge in [-0.05, 0) is 47.1 Å². The van der Waals surface area contributed by atoms with Gasteiger partial charge in [-0.1, -0.05) is 17.3 Å². The second-order valence-electron chi connectivity index (χ2n) is 5.96. The number of amides is 1. The van der Waals surface area contributed by atoms with Crippen molar-refractivity contribution in [1.82, 2.24) is 10.1 Å². The number of carbonyl (C=O) groups excluding carboxylic acids is 1. The molecule has 0 aliphatic carbocycles. The van der Waals surface area contributed by atoms with Crippen LogP contribution in [0.5, 0.6) is 11.5 Å². The minimum atomic E-state index is -0.490. The number of benzene rings is 2. The maximum absolute atomic E-state index is 13.6. The van der Waals surface area contributed by atoms with Crippen molar-refractivity contribution in [3.63, 3.8) is 0 Å². The number of rotatable bonds is 8. The first-order valence-corrected chi connectivity index (χ1v) is 9.68. The molecule has 9 heteroatoms. The maximum atomic E-state index is 13.6. The Balaban J connectivity index is 1.68. The van der Waals surface area contributed by atoms with Crippen molar-refractivity contribution in [3.8, 4) is 22.9 Å². The second-order valence-corrected chi connectivity index (χ2v) is 6.82. The largest absolute Gasteiger partial charge is 0.492 e. The summed E-state index contributed by atoms with van der Waals surface area (Å²) in [4.78, 5) is 16.4. The fourth-order valence-corrected chi connectivity index (χ4v) is 3.23. The van der Waals surface area contributed by atoms with E-state index in [1.165, 1.54) is 12.1 Å². The molecular formula is C20H19BrFN3O4. The molecule has 0 bridgehead atoms. The van der Waals surface area contributed by atoms with E-state index in [1.807, 2.05) is 6.92 Å². The summed E-state index contributed by atoms with van der Waals surface area (Å²) in [5, 5.41) is 6.49. The number of aryl methyl sites for hydroxylation is 1. The smallest absolute Gasteiger partial charge is 0.227 e. The molecule has 0 aliphatic heterocycles. The van der Waals surface area contributed by atoms with E-state index in [9.17, 15) is 9.18 Å². The van der Waals surface area contributed by atoms with Gasteiger partial charge in [0.25, 0.3) is 0 Å². The summed E-state index contributed by atoms with van der Waals surface area (Å²) in [7, 11) is 1.56. The van der Waals surface area contributed by atoms with Crippen LogP contribution >= 0.6 is 15.9 Å². The van der Waals surface area contributed by atoms with Gasteiger partial charge in [-0.25, -0.2) is 4.39 Å². The first-order chi connectivity index (χ1) is 14.0. The predicted octanol–water partition coefficient (Wildman–Crippen LogP) is 4.62. The number of anilines is 1. The van der Waals surface area contributed by atoms with E-state index in [-0.39, 0.29) is 24.4 Å². The molecule has 7 nitrogen and oxygen atoms in total. The molecule has 1 heterocycles. The molecule has 0 spiro atoms. The van der Waals surface area contributed by atoms with E-state index in [4.69, 9.17) is 14.0 Å². The van der Waals surface area contributed by atoms with Crippen LogP contribution in [0.2, 0.25) is 0 Å². The monoisotopic (exact) mass is 463 g/mol. The van der Waals surface area contributed by atoms with Crippen LogP contribution in [0.25, 0.3) is 11.4 Å². The van der Waals surface area contributed by atoms with Crippen molar-refractivity contribution in [3.05, 3.63) is 52.6 Å². The lowest BCUT2D eigenvalue weighted by molar-refractivity contribution is -0.116. The molecule has 152 valence electrons. The van der Waals surface area contributed by atoms with Crippen LogP contribution in [0.15, 0.2) is 45.4 Å². The van der Waals surface area contributed by atoms with Crippen molar-refractivity contribution in [2.45, 2.75) is 19.8 Å². The Morgan fingerprint density at radius 1 is 1.31 bits per heavy atom. The average molecular weight is 464 g/mol. The van der Waals surface area contributed by atoms with Gasteiger partial charge in [0.2, 0.25) is 17.6 Å². The zero-order valence-corrected chi connectivity index (χ0v) is 17.5. The van der Waals surface area contributed by atoms with Gasteiger partial charge < -0.3 is 19.3 Å². The third-order valence-corrected chi connectivity index (χ3v) is 4.54. The highest BCUT2D eigenvalue weighted by Crippen LogP contribution is 2.39. The summed E-state index contributed by atoms with van der Waals surface area (Å²) in [5.74, 6) is 0.948. The normalized spacial score (nSPS) is 10.6. The van der Waals surface area contributed by atoms with E-state index >= 15 is 0 Å². The molecule has 0 aliphatic rings. The van der Waals surface area contributed by atoms with E-state index in [1.54, 1.807) is 31.4 Å². The first kappa shape index (κ1) is 20.8. The van der Waals surface area contributed by atoms with Gasteiger partial charge in [0.1, 0.15) is 5.82 Å². The topological polar surface area (TPSA) is 86.5 Å². The number of ether oxygens (including phenoxy) is 2. The Labute approximate surface area is 175 Å². The molecule has 0 unspecified atom stereocenters. The minimum Gasteiger partial charge on any atom is -0.492 e. The number of hydrogen-bond donors (Lipinski definition) is 1. The number of carbonyl (C=O) groups is 1. The van der Waals surface area contributed by atoms with Crippen LogP contribution in [0.4, 0.5) is 10.1 Å². The van der Waals surface area contributed by atoms with Crippen LogP contribution < -0.4 is 14.8 Å². The molecule has 0 saturated heterocycles. The zero-order chi connectivity index (χ0) is 20.8. The van der Waals surface area contributed by atoms with E-state index in [0.29, 0.717) is 39.9 Å². The van der Waals surface area contributed by atoms with Gasteiger partial charge in [-0.15, -0.1) is 0 Å². The molecular weight excluding hydrogens is 445 g/mol. The third-order valence-electron chi connectivity index (χ3n) is 3.95. The van der Waals surface area contributed by atoms with Crippen molar-refractivity contribution >= 4 is 27.5 Å². The number of para-hydroxylation sites is 1. The SMILES string of the molecule is CCOc1cc(-c2noc(CCC(=O)Nc3ccccc3F)n2)cc(Br)c1OC. The van der Waals surface area contributed by atoms with Gasteiger partial charge in [0, 0.05) is 18.4 Å². The molecule has 1 N–H and O–H groups in total. The van der Waals surface area contributed by atoms with Crippen molar-refractivity contribution in [2.24, 2.45) is 0 Å². The lowest BCUT2D eigenvalue weighted by atomic mass is 10.2. The molecule has 3 aromatic rings. The fraction of sp³-hybridized carbons (Fsp3) is 0.250. The van der Waals surface area contributed by atoms with Crippen molar-refractivity contribution in [2.75, 3.05) is 19.0 Å². The molecule has 2 aromatic carbocycles. The van der Waals surface area contributed by atoms with Gasteiger partial charge >= 0.3 is 0 Å². The van der Waals surface area contributed by atoms with E-state index in [2.05, 4.69) is 31.4 Å². The summed E-state index contributed by atoms with van der Waals surface area (Å²) in [6, 6.07) is 9.53. The molecule has 0 saturated carbocycles. The Morgan fingerprint density at radius 3 is 2.83 bits per heavy atom. The molecule has 0 radical (unpaired) electrons. The van der Waals surface area contributed by atoms with Gasteiger partial charge in [0.15, 0.2) is 11.5 Å². The standard InChI is InChI=1S/C20H19BrFN3O4/c1-3-28-16-11-12(10-13(21)19(16)27-2)20-24-18(29-25-20)9-8-17(26)23-15-7-5-4-6-14(15)22/h4-7,10-11H,3,8-9H2,1-2H3,(H,23,26). The number of methoxy groups -OCH3 is 1. The number of nitrogens with one attached hydrogen (secondary N) is 1. The minimum absolute atomic E-state index is 0.0759. The highest BCUT2D eigenvalue weighted by molar-refractivity contribution is 9.10. The van der Waals surface area contributed by atoms with E-state index < -0.39 is 5.82 Å². The third kappa shape index (κ3) is 5.11. The molecule has 0 atom stereocenters. The Morgan fingerprint density at radius 2 is 2.10 bits per heavy atom. The highest BCUT2D eigenvalue weighted by Gasteiger charge is 2.16. The van der Waals surface area contributed by atoms with Gasteiger partial charge in [-0.3, -0.25) is 4.79 Å². The predicted molar refractivity (Wildman–Crippen MR) is 109 cm³/mol. The summed E-state index contributed by atoms with van der Waals surface area (Å²) >= 11 is 3.44. The van der Waals surface area contributed by atoms with Crippen LogP contribution in [0.3, 0.4) is 0 Å². The summed E-state index contributed by atoms with van der Waals surface area (Å²) in [5.41, 5.74) is 0.808. The molecule has 29 heavy (non-hydrogen) atoms. The Hall–Kier alpha value is -2.94. The lowest BCUT2D eigenvalue weighted by Gasteiger charge is -2.12. The van der Waals surface area contributed by atoms with Crippen molar-refractivity contribution < 1.29 is 23.2 Å². The Bertz CT molecular complexity index is 1010. The quantitative estimate of drug-likeness (QED) is 0.524. The van der Waals surface area contributed by atoms with E-state index in [0.717, 1.165) is 0 Å². The molecule has 1 amide bonds. The summed E-state index contributed by atoms with van der Waals surface area (Å²) in [6.45, 7) is 2.35. The number of hydrogen-bond acceptors (Lipinski definition) is 6. The van der Waals surface area contributed by atoms with Crippen molar-refractivity contribution in [1.29, 1.82) is 0 Å². The molecule has 3 rings (SSSR count). The van der Waals surface area contributed by atoms with Gasteiger partial charge in [0.05, 0.1) is 23.9 Å². The van der Waals surface area contributed by atoms with Crippen LogP contribution in [-0.2, 0) is 11.2 Å². The molecule has 1 aromatic heterocycles.